The van der Waals surface area contributed by atoms with Crippen molar-refractivity contribution in [3.63, 3.8) is 0 Å². The van der Waals surface area contributed by atoms with Crippen LogP contribution in [0, 0.1) is 5.92 Å². The number of carbonyl (C=O) groups excluding carboxylic acids is 1. The monoisotopic (exact) mass is 456 g/mol. The fourth-order valence-corrected chi connectivity index (χ4v) is 6.14. The molecule has 1 aliphatic carbocycles. The second kappa shape index (κ2) is 8.51. The van der Waals surface area contributed by atoms with E-state index in [2.05, 4.69) is 48.4 Å². The smallest absolute Gasteiger partial charge is 0.142 e. The number of nitrogens with zero attached hydrogens (tertiary/aromatic N) is 4. The highest BCUT2D eigenvalue weighted by molar-refractivity contribution is 7.19. The van der Waals surface area contributed by atoms with Gasteiger partial charge in [-0.05, 0) is 60.9 Å². The van der Waals surface area contributed by atoms with Crippen LogP contribution in [0.1, 0.15) is 46.5 Å². The lowest BCUT2D eigenvalue weighted by Crippen LogP contribution is -2.21. The topological polar surface area (TPSA) is 95.9 Å². The zero-order chi connectivity index (χ0) is 22.2. The number of nitrogens with one attached hydrogen (secondary N) is 2. The van der Waals surface area contributed by atoms with Crippen LogP contribution in [0.15, 0.2) is 42.0 Å². The molecule has 2 N–H and O–H groups in total. The third kappa shape index (κ3) is 3.95. The van der Waals surface area contributed by atoms with Gasteiger partial charge in [0.1, 0.15) is 22.8 Å². The van der Waals surface area contributed by atoms with E-state index in [1.165, 1.54) is 16.0 Å². The van der Waals surface area contributed by atoms with Crippen molar-refractivity contribution in [2.75, 3.05) is 5.32 Å². The molecule has 4 aromatic rings. The van der Waals surface area contributed by atoms with E-state index in [4.69, 9.17) is 0 Å². The standard InChI is InChI=1S/C25H24N6OS/c32-21(3-1-2-19-12-27-13-28-19)15-5-7-20-22(9-15)33-25-23(20)24(29-14-30-25)31-18-6-4-16-10-26-11-17(16)8-18/h4,6,8,11-15H,1-3,5,7,9-10H2,(H,27,28)(H,29,30,31). The Morgan fingerprint density at radius 3 is 3.15 bits per heavy atom. The zero-order valence-electron chi connectivity index (χ0n) is 18.2. The lowest BCUT2D eigenvalue weighted by atomic mass is 9.83. The van der Waals surface area contributed by atoms with Gasteiger partial charge >= 0.3 is 0 Å². The third-order valence-electron chi connectivity index (χ3n) is 6.63. The summed E-state index contributed by atoms with van der Waals surface area (Å²) in [5.41, 5.74) is 5.81. The summed E-state index contributed by atoms with van der Waals surface area (Å²) >= 11 is 1.71. The van der Waals surface area contributed by atoms with Gasteiger partial charge in [0.15, 0.2) is 0 Å². The van der Waals surface area contributed by atoms with E-state index in [9.17, 15) is 4.79 Å². The molecule has 0 amide bonds. The van der Waals surface area contributed by atoms with Crippen molar-refractivity contribution in [3.05, 3.63) is 64.3 Å². The molecule has 1 atom stereocenters. The molecule has 4 heterocycles. The van der Waals surface area contributed by atoms with Crippen LogP contribution in [0.3, 0.4) is 0 Å². The van der Waals surface area contributed by atoms with Gasteiger partial charge in [0.25, 0.3) is 0 Å². The molecule has 33 heavy (non-hydrogen) atoms. The number of rotatable bonds is 7. The highest BCUT2D eigenvalue weighted by atomic mass is 32.1. The van der Waals surface area contributed by atoms with Gasteiger partial charge in [-0.15, -0.1) is 11.3 Å². The van der Waals surface area contributed by atoms with E-state index in [0.29, 0.717) is 12.2 Å². The second-order valence-electron chi connectivity index (χ2n) is 8.75. The number of thiophene rings is 1. The van der Waals surface area contributed by atoms with Gasteiger partial charge in [-0.25, -0.2) is 15.0 Å². The van der Waals surface area contributed by atoms with Crippen LogP contribution < -0.4 is 5.32 Å². The van der Waals surface area contributed by atoms with Crippen molar-refractivity contribution < 1.29 is 4.79 Å². The average Bonchev–Trinajstić information content (AvgIpc) is 3.58. The minimum absolute atomic E-state index is 0.104. The second-order valence-corrected chi connectivity index (χ2v) is 9.83. The number of aromatic nitrogens is 4. The highest BCUT2D eigenvalue weighted by Crippen LogP contribution is 2.41. The van der Waals surface area contributed by atoms with E-state index in [1.54, 1.807) is 24.0 Å². The Bertz CT molecular complexity index is 1360. The number of ketones is 1. The van der Waals surface area contributed by atoms with E-state index in [0.717, 1.165) is 71.6 Å². The molecule has 0 radical (unpaired) electrons. The predicted molar refractivity (Wildman–Crippen MR) is 130 cm³/mol. The Morgan fingerprint density at radius 1 is 1.27 bits per heavy atom. The fraction of sp³-hybridized carbons (Fsp3) is 0.320. The van der Waals surface area contributed by atoms with E-state index < -0.39 is 0 Å². The number of fused-ring (bicyclic) bond motifs is 4. The molecule has 3 aromatic heterocycles. The molecular weight excluding hydrogens is 432 g/mol. The number of H-pyrrole nitrogens is 1. The lowest BCUT2D eigenvalue weighted by molar-refractivity contribution is -0.123. The maximum Gasteiger partial charge on any atom is 0.142 e. The summed E-state index contributed by atoms with van der Waals surface area (Å²) in [5, 5.41) is 4.62. The van der Waals surface area contributed by atoms with Crippen molar-refractivity contribution in [3.8, 4) is 0 Å². The van der Waals surface area contributed by atoms with Crippen LogP contribution in [-0.4, -0.2) is 31.9 Å². The van der Waals surface area contributed by atoms with Crippen LogP contribution in [0.5, 0.6) is 0 Å². The number of aromatic amines is 1. The number of benzene rings is 1. The number of hydrogen-bond acceptors (Lipinski definition) is 7. The molecule has 0 saturated heterocycles. The van der Waals surface area contributed by atoms with Gasteiger partial charge in [-0.2, -0.15) is 0 Å². The molecule has 0 saturated carbocycles. The van der Waals surface area contributed by atoms with Crippen molar-refractivity contribution in [1.82, 2.24) is 19.9 Å². The number of Topliss-reactive ketones (excluding diaryl/α,β-unsaturated/α-hetero) is 1. The minimum Gasteiger partial charge on any atom is -0.348 e. The molecular formula is C25H24N6OS. The summed E-state index contributed by atoms with van der Waals surface area (Å²) < 4.78 is 0. The van der Waals surface area contributed by atoms with Crippen LogP contribution in [0.25, 0.3) is 10.2 Å². The summed E-state index contributed by atoms with van der Waals surface area (Å²) in [6, 6.07) is 6.32. The van der Waals surface area contributed by atoms with Gasteiger partial charge in [-0.3, -0.25) is 9.79 Å². The Balaban J connectivity index is 1.19. The maximum absolute atomic E-state index is 12.9. The summed E-state index contributed by atoms with van der Waals surface area (Å²) in [5.74, 6) is 1.33. The first-order chi connectivity index (χ1) is 16.2. The largest absolute Gasteiger partial charge is 0.348 e. The number of anilines is 2. The van der Waals surface area contributed by atoms with Crippen LogP contribution in [0.2, 0.25) is 0 Å². The molecule has 8 heteroatoms. The van der Waals surface area contributed by atoms with Crippen LogP contribution in [-0.2, 0) is 30.6 Å². The zero-order valence-corrected chi connectivity index (χ0v) is 19.0. The molecule has 0 fully saturated rings. The Kier molecular flexibility index (Phi) is 5.22. The highest BCUT2D eigenvalue weighted by Gasteiger charge is 2.28. The number of aryl methyl sites for hydroxylation is 2. The van der Waals surface area contributed by atoms with E-state index in [-0.39, 0.29) is 5.92 Å². The molecule has 6 rings (SSSR count). The first-order valence-corrected chi connectivity index (χ1v) is 12.2. The molecule has 2 aliphatic rings. The molecule has 0 bridgehead atoms. The molecule has 1 aliphatic heterocycles. The maximum atomic E-state index is 12.9. The van der Waals surface area contributed by atoms with Crippen molar-refractivity contribution in [1.29, 1.82) is 0 Å². The predicted octanol–water partition coefficient (Wildman–Crippen LogP) is 4.79. The third-order valence-corrected chi connectivity index (χ3v) is 7.79. The number of imidazole rings is 1. The van der Waals surface area contributed by atoms with Crippen LogP contribution >= 0.6 is 11.3 Å². The summed E-state index contributed by atoms with van der Waals surface area (Å²) in [7, 11) is 0. The SMILES string of the molecule is O=C(CCCc1cnc[nH]1)C1CCc2c(sc3ncnc(Nc4ccc5c(c4)C=NC5)c23)C1. The minimum atomic E-state index is 0.104. The van der Waals surface area contributed by atoms with E-state index in [1.807, 2.05) is 12.4 Å². The number of aliphatic imine (C=N–C) groups is 1. The fourth-order valence-electron chi connectivity index (χ4n) is 4.87. The summed E-state index contributed by atoms with van der Waals surface area (Å²) in [6.07, 6.45) is 12.0. The van der Waals surface area contributed by atoms with Gasteiger partial charge < -0.3 is 10.3 Å². The van der Waals surface area contributed by atoms with E-state index >= 15 is 0 Å². The first kappa shape index (κ1) is 20.2. The number of hydrogen-bond donors (Lipinski definition) is 2. The molecule has 1 unspecified atom stereocenters. The van der Waals surface area contributed by atoms with Gasteiger partial charge in [-0.1, -0.05) is 6.07 Å². The van der Waals surface area contributed by atoms with Crippen molar-refractivity contribution >= 4 is 45.1 Å². The normalized spacial score (nSPS) is 16.7. The Morgan fingerprint density at radius 2 is 2.24 bits per heavy atom. The van der Waals surface area contributed by atoms with Gasteiger partial charge in [0, 0.05) is 41.0 Å². The summed E-state index contributed by atoms with van der Waals surface area (Å²) in [4.78, 5) is 35.8. The molecule has 166 valence electrons. The first-order valence-electron chi connectivity index (χ1n) is 11.4. The quantitative estimate of drug-likeness (QED) is 0.417. The molecule has 1 aromatic carbocycles. The molecule has 7 nitrogen and oxygen atoms in total. The average molecular weight is 457 g/mol. The Hall–Kier alpha value is -3.39. The Labute approximate surface area is 195 Å². The van der Waals surface area contributed by atoms with Crippen LogP contribution in [0.4, 0.5) is 11.5 Å². The summed E-state index contributed by atoms with van der Waals surface area (Å²) in [6.45, 7) is 0.758. The molecule has 0 spiro atoms. The number of carbonyl (C=O) groups is 1. The van der Waals surface area contributed by atoms with Crippen molar-refractivity contribution in [2.45, 2.75) is 45.1 Å². The van der Waals surface area contributed by atoms with Gasteiger partial charge in [0.05, 0.1) is 18.3 Å². The van der Waals surface area contributed by atoms with Crippen molar-refractivity contribution in [2.24, 2.45) is 10.9 Å². The lowest BCUT2D eigenvalue weighted by Gasteiger charge is -2.21. The van der Waals surface area contributed by atoms with Gasteiger partial charge in [0.2, 0.25) is 0 Å².